The van der Waals surface area contributed by atoms with E-state index in [0.717, 1.165) is 78.4 Å². The number of rotatable bonds is 16. The molecule has 6 aromatic rings. The van der Waals surface area contributed by atoms with Gasteiger partial charge in [0.15, 0.2) is 0 Å². The molecule has 0 saturated carbocycles. The van der Waals surface area contributed by atoms with Crippen LogP contribution in [-0.4, -0.2) is 97.8 Å². The lowest BCUT2D eigenvalue weighted by molar-refractivity contribution is 0.0696. The average Bonchev–Trinajstić information content (AvgIpc) is 3.58. The number of hydrogen-bond acceptors (Lipinski definition) is 9. The van der Waals surface area contributed by atoms with E-state index in [0.29, 0.717) is 48.1 Å². The van der Waals surface area contributed by atoms with Crippen LogP contribution in [0.1, 0.15) is 40.9 Å². The number of piperazine rings is 1. The molecule has 15 heteroatoms. The smallest absolute Gasteiger partial charge is 0.338 e. The summed E-state index contributed by atoms with van der Waals surface area (Å²) in [6, 6.07) is 35.1. The highest BCUT2D eigenvalue weighted by Crippen LogP contribution is 2.40. The number of anilines is 4. The molecular weight excluding hydrogens is 895 g/mol. The molecule has 3 heterocycles. The van der Waals surface area contributed by atoms with E-state index >= 15 is 4.39 Å². The van der Waals surface area contributed by atoms with Gasteiger partial charge in [0.25, 0.3) is 10.0 Å². The Morgan fingerprint density at radius 3 is 2.24 bits per heavy atom. The van der Waals surface area contributed by atoms with E-state index in [1.165, 1.54) is 11.0 Å². The van der Waals surface area contributed by atoms with Crippen LogP contribution >= 0.6 is 23.4 Å². The zero-order valence-corrected chi connectivity index (χ0v) is 39.8. The zero-order valence-electron chi connectivity index (χ0n) is 37.4. The van der Waals surface area contributed by atoms with Crippen LogP contribution in [0.15, 0.2) is 125 Å². The van der Waals surface area contributed by atoms with Crippen molar-refractivity contribution in [2.24, 2.45) is 7.05 Å². The van der Waals surface area contributed by atoms with Gasteiger partial charge in [-0.15, -0.1) is 11.8 Å². The van der Waals surface area contributed by atoms with E-state index < -0.39 is 21.8 Å². The van der Waals surface area contributed by atoms with Crippen LogP contribution in [0, 0.1) is 19.7 Å². The SMILES string of the molecule is Cc1cc(S(=O)(=O)Nc2ccc(N3CCN(c4cccc(-c5c(C(=O)O)c(C)n(C)c5-c5ccc(Cl)cc5)c4)CC3)c(F)c2)ccc1N[C@H](CCN1CCC(O)CC1)CSc1ccccc1. The second kappa shape index (κ2) is 20.6. The Labute approximate surface area is 396 Å². The Morgan fingerprint density at radius 1 is 0.848 bits per heavy atom. The minimum Gasteiger partial charge on any atom is -0.478 e. The number of aryl methyl sites for hydroxylation is 1. The summed E-state index contributed by atoms with van der Waals surface area (Å²) in [5.41, 5.74) is 7.00. The lowest BCUT2D eigenvalue weighted by Gasteiger charge is -2.37. The Hall–Kier alpha value is -5.51. The van der Waals surface area contributed by atoms with Gasteiger partial charge in [-0.2, -0.15) is 0 Å². The van der Waals surface area contributed by atoms with Crippen LogP contribution in [0.25, 0.3) is 22.4 Å². The number of sulfonamides is 1. The maximum Gasteiger partial charge on any atom is 0.338 e. The number of carbonyl (C=O) groups is 1. The Bertz CT molecular complexity index is 2780. The fourth-order valence-electron chi connectivity index (χ4n) is 8.97. The topological polar surface area (TPSA) is 130 Å². The number of hydrogen-bond donors (Lipinski definition) is 4. The summed E-state index contributed by atoms with van der Waals surface area (Å²) in [6.45, 7) is 8.55. The zero-order chi connectivity index (χ0) is 46.5. The predicted molar refractivity (Wildman–Crippen MR) is 267 cm³/mol. The van der Waals surface area contributed by atoms with Crippen LogP contribution in [0.4, 0.5) is 27.1 Å². The molecule has 0 spiro atoms. The van der Waals surface area contributed by atoms with Crippen LogP contribution in [0.5, 0.6) is 0 Å². The number of nitrogens with zero attached hydrogens (tertiary/aromatic N) is 4. The van der Waals surface area contributed by atoms with Gasteiger partial charge < -0.3 is 34.8 Å². The maximum atomic E-state index is 15.8. The van der Waals surface area contributed by atoms with Crippen molar-refractivity contribution in [3.63, 3.8) is 0 Å². The summed E-state index contributed by atoms with van der Waals surface area (Å²) in [5.74, 6) is -0.709. The Balaban J connectivity index is 0.910. The number of likely N-dealkylation sites (tertiary alicyclic amines) is 1. The minimum absolute atomic E-state index is 0.0834. The number of thioether (sulfide) groups is 1. The second-order valence-electron chi connectivity index (χ2n) is 17.2. The summed E-state index contributed by atoms with van der Waals surface area (Å²) in [4.78, 5) is 20.5. The number of carboxylic acids is 1. The Morgan fingerprint density at radius 2 is 1.56 bits per heavy atom. The number of piperidine rings is 1. The second-order valence-corrected chi connectivity index (χ2v) is 20.4. The van der Waals surface area contributed by atoms with Crippen molar-refractivity contribution >= 4 is 62.1 Å². The van der Waals surface area contributed by atoms with Gasteiger partial charge in [0.05, 0.1) is 33.6 Å². The molecule has 1 aromatic heterocycles. The maximum absolute atomic E-state index is 15.8. The average molecular weight is 952 g/mol. The monoisotopic (exact) mass is 950 g/mol. The number of carboxylic acid groups (broad SMARTS) is 1. The van der Waals surface area contributed by atoms with Crippen LogP contribution in [0.3, 0.4) is 0 Å². The molecule has 2 saturated heterocycles. The summed E-state index contributed by atoms with van der Waals surface area (Å²) in [6.07, 6.45) is 2.24. The summed E-state index contributed by atoms with van der Waals surface area (Å²) >= 11 is 7.98. The number of nitrogens with one attached hydrogen (secondary N) is 2. The van der Waals surface area contributed by atoms with E-state index in [-0.39, 0.29) is 28.3 Å². The first-order valence-electron chi connectivity index (χ1n) is 22.3. The van der Waals surface area contributed by atoms with Crippen LogP contribution < -0.4 is 19.8 Å². The lowest BCUT2D eigenvalue weighted by atomic mass is 9.96. The number of aromatic carboxylic acids is 1. The number of aliphatic hydroxyl groups is 1. The molecule has 4 N–H and O–H groups in total. The summed E-state index contributed by atoms with van der Waals surface area (Å²) in [7, 11) is -2.17. The van der Waals surface area contributed by atoms with Crippen LogP contribution in [0.2, 0.25) is 5.02 Å². The van der Waals surface area contributed by atoms with Crippen molar-refractivity contribution in [3.8, 4) is 22.4 Å². The normalized spacial score (nSPS) is 15.5. The van der Waals surface area contributed by atoms with Gasteiger partial charge in [0.2, 0.25) is 0 Å². The first-order valence-corrected chi connectivity index (χ1v) is 25.2. The van der Waals surface area contributed by atoms with E-state index in [1.54, 1.807) is 54.2 Å². The van der Waals surface area contributed by atoms with Crippen molar-refractivity contribution in [3.05, 3.63) is 143 Å². The standard InChI is InChI=1S/C51H56ClFN6O5S2/c1-34-30-44(17-18-46(34)54-40(33-65-43-10-5-4-6-11-43)20-23-57-24-21-42(60)22-25-57)66(63,64)55-39-16-19-47(45(53)32-39)59-28-26-58(27-29-59)41-9-7-8-37(31-41)49-48(51(61)62)35(2)56(3)50(49)36-12-14-38(52)15-13-36/h4-19,30-32,40,42,54-55,60H,20-29,33H2,1-3H3,(H,61,62)/t40-/m1/s1. The van der Waals surface area contributed by atoms with Crippen molar-refractivity contribution in [2.75, 3.05) is 71.4 Å². The van der Waals surface area contributed by atoms with Gasteiger partial charge in [-0.25, -0.2) is 17.6 Å². The van der Waals surface area contributed by atoms with Gasteiger partial charge >= 0.3 is 5.97 Å². The number of aliphatic hydroxyl groups excluding tert-OH is 1. The lowest BCUT2D eigenvalue weighted by Crippen LogP contribution is -2.46. The third-order valence-corrected chi connectivity index (χ3v) is 15.6. The van der Waals surface area contributed by atoms with Gasteiger partial charge in [0, 0.05) is 103 Å². The fourth-order valence-corrected chi connectivity index (χ4v) is 11.2. The molecule has 0 aliphatic carbocycles. The van der Waals surface area contributed by atoms with Gasteiger partial charge in [-0.3, -0.25) is 4.72 Å². The minimum atomic E-state index is -4.04. The van der Waals surface area contributed by atoms with Crippen molar-refractivity contribution in [1.82, 2.24) is 9.47 Å². The molecular formula is C51H56ClFN6O5S2. The number of benzene rings is 5. The van der Waals surface area contributed by atoms with Gasteiger partial charge in [-0.1, -0.05) is 54.1 Å². The molecule has 8 rings (SSSR count). The molecule has 2 aliphatic heterocycles. The summed E-state index contributed by atoms with van der Waals surface area (Å²) in [5, 5.41) is 24.6. The highest BCUT2D eigenvalue weighted by Gasteiger charge is 2.28. The highest BCUT2D eigenvalue weighted by atomic mass is 35.5. The van der Waals surface area contributed by atoms with E-state index in [4.69, 9.17) is 11.6 Å². The third kappa shape index (κ3) is 10.8. The summed E-state index contributed by atoms with van der Waals surface area (Å²) < 4.78 is 47.7. The molecule has 2 fully saturated rings. The Kier molecular flexibility index (Phi) is 14.6. The largest absolute Gasteiger partial charge is 0.478 e. The molecule has 346 valence electrons. The molecule has 2 aliphatic rings. The third-order valence-electron chi connectivity index (χ3n) is 12.8. The molecule has 66 heavy (non-hydrogen) atoms. The molecule has 0 unspecified atom stereocenters. The molecule has 0 bridgehead atoms. The fraction of sp³-hybridized carbons (Fsp3) is 0.314. The van der Waals surface area contributed by atoms with E-state index in [2.05, 4.69) is 32.0 Å². The molecule has 1 atom stereocenters. The van der Waals surface area contributed by atoms with Gasteiger partial charge in [-0.05, 0) is 117 Å². The molecule has 11 nitrogen and oxygen atoms in total. The van der Waals surface area contributed by atoms with E-state index in [1.807, 2.05) is 85.0 Å². The number of aromatic nitrogens is 1. The van der Waals surface area contributed by atoms with Crippen LogP contribution in [-0.2, 0) is 17.1 Å². The van der Waals surface area contributed by atoms with Crippen molar-refractivity contribution < 1.29 is 27.8 Å². The molecule has 0 radical (unpaired) electrons. The van der Waals surface area contributed by atoms with Gasteiger partial charge in [0.1, 0.15) is 5.82 Å². The quantitative estimate of drug-likeness (QED) is 0.0696. The van der Waals surface area contributed by atoms with Crippen molar-refractivity contribution in [2.45, 2.75) is 55.0 Å². The first-order chi connectivity index (χ1) is 31.7. The van der Waals surface area contributed by atoms with Crippen molar-refractivity contribution in [1.29, 1.82) is 0 Å². The molecule has 0 amide bonds. The number of halogens is 2. The predicted octanol–water partition coefficient (Wildman–Crippen LogP) is 10.0. The van der Waals surface area contributed by atoms with E-state index in [9.17, 15) is 23.4 Å². The molecule has 5 aromatic carbocycles. The highest BCUT2D eigenvalue weighted by molar-refractivity contribution is 7.99. The first kappa shape index (κ1) is 47.0.